The maximum Gasteiger partial charge on any atom is 0.0547 e. The second-order valence-electron chi connectivity index (χ2n) is 16.1. The lowest BCUT2D eigenvalue weighted by molar-refractivity contribution is 1.18. The summed E-state index contributed by atoms with van der Waals surface area (Å²) in [5.74, 6) is 0. The minimum Gasteiger partial charge on any atom is -0.310 e. The third-order valence-corrected chi connectivity index (χ3v) is 13.6. The Bertz CT molecular complexity index is 3500. The summed E-state index contributed by atoms with van der Waals surface area (Å²) in [6.07, 6.45) is 0. The largest absolute Gasteiger partial charge is 0.310 e. The van der Waals surface area contributed by atoms with Crippen LogP contribution in [0, 0.1) is 0 Å². The SMILES string of the molecule is c1ccc(-c2ccc(N(c3ccc(-c4ccccc4)cc3)c3ccc4sc5c(-c6ccc7c8ccccc8n(-c8cccc(-c9ccccc9)c8)c7c6)cccc5c4c3)cc2)cc1. The average Bonchev–Trinajstić information content (AvgIpc) is 3.91. The maximum atomic E-state index is 2.44. The molecule has 0 spiro atoms. The van der Waals surface area contributed by atoms with Crippen LogP contribution in [0.2, 0.25) is 0 Å². The molecular weight excluding hydrogens is 781 g/mol. The summed E-state index contributed by atoms with van der Waals surface area (Å²) >= 11 is 1.88. The zero-order valence-electron chi connectivity index (χ0n) is 34.4. The number of aromatic nitrogens is 1. The molecular formula is C60H40N2S. The molecule has 12 rings (SSSR count). The number of anilines is 3. The molecule has 296 valence electrons. The molecule has 0 fully saturated rings. The fraction of sp³-hybridized carbons (Fsp3) is 0. The number of fused-ring (bicyclic) bond motifs is 6. The second kappa shape index (κ2) is 15.5. The zero-order chi connectivity index (χ0) is 41.7. The first kappa shape index (κ1) is 36.8. The van der Waals surface area contributed by atoms with E-state index in [4.69, 9.17) is 0 Å². The van der Waals surface area contributed by atoms with Gasteiger partial charge in [0.25, 0.3) is 0 Å². The van der Waals surface area contributed by atoms with Crippen LogP contribution in [0.15, 0.2) is 243 Å². The molecule has 12 aromatic rings. The molecule has 10 aromatic carbocycles. The summed E-state index contributed by atoms with van der Waals surface area (Å²) in [7, 11) is 0. The molecule has 0 atom stereocenters. The average molecular weight is 821 g/mol. The van der Waals surface area contributed by atoms with Gasteiger partial charge in [-0.3, -0.25) is 0 Å². The Morgan fingerprint density at radius 2 is 0.810 bits per heavy atom. The molecule has 0 N–H and O–H groups in total. The van der Waals surface area contributed by atoms with E-state index in [-0.39, 0.29) is 0 Å². The number of para-hydroxylation sites is 1. The first-order chi connectivity index (χ1) is 31.2. The third-order valence-electron chi connectivity index (χ3n) is 12.4. The predicted octanol–water partition coefficient (Wildman–Crippen LogP) is 17.3. The van der Waals surface area contributed by atoms with Crippen LogP contribution in [-0.2, 0) is 0 Å². The van der Waals surface area contributed by atoms with Crippen LogP contribution in [0.25, 0.3) is 92.2 Å². The van der Waals surface area contributed by atoms with Gasteiger partial charge >= 0.3 is 0 Å². The summed E-state index contributed by atoms with van der Waals surface area (Å²) in [6, 6.07) is 88.3. The van der Waals surface area contributed by atoms with Crippen LogP contribution in [-0.4, -0.2) is 4.57 Å². The molecule has 0 unspecified atom stereocenters. The molecule has 2 heterocycles. The summed E-state index contributed by atoms with van der Waals surface area (Å²) in [6.45, 7) is 0. The number of hydrogen-bond acceptors (Lipinski definition) is 2. The van der Waals surface area contributed by atoms with Gasteiger partial charge in [-0.2, -0.15) is 0 Å². The van der Waals surface area contributed by atoms with Gasteiger partial charge in [0.2, 0.25) is 0 Å². The van der Waals surface area contributed by atoms with E-state index < -0.39 is 0 Å². The summed E-state index contributed by atoms with van der Waals surface area (Å²) in [5, 5.41) is 5.03. The standard InChI is InChI=1S/C60H40N2S/c1-4-14-41(15-5-1)44-26-31-48(32-27-44)61(49-33-28-45(29-34-49)42-16-6-2-7-17-42)51-35-37-59-56(40-51)55-24-13-23-52(60(55)63-59)47-30-36-54-53-22-10-11-25-57(53)62(58(54)39-47)50-21-12-20-46(38-50)43-18-8-3-9-19-43/h1-40H. The van der Waals surface area contributed by atoms with E-state index in [1.807, 2.05) is 11.3 Å². The van der Waals surface area contributed by atoms with Gasteiger partial charge in [-0.1, -0.05) is 176 Å². The van der Waals surface area contributed by atoms with E-state index in [1.165, 1.54) is 86.5 Å². The number of rotatable bonds is 8. The van der Waals surface area contributed by atoms with E-state index in [1.54, 1.807) is 0 Å². The van der Waals surface area contributed by atoms with E-state index >= 15 is 0 Å². The highest BCUT2D eigenvalue weighted by molar-refractivity contribution is 7.26. The Morgan fingerprint density at radius 1 is 0.302 bits per heavy atom. The molecule has 2 aromatic heterocycles. The van der Waals surface area contributed by atoms with Crippen LogP contribution in [0.1, 0.15) is 0 Å². The van der Waals surface area contributed by atoms with Crippen molar-refractivity contribution < 1.29 is 0 Å². The normalized spacial score (nSPS) is 11.5. The van der Waals surface area contributed by atoms with Crippen molar-refractivity contribution >= 4 is 70.4 Å². The molecule has 2 nitrogen and oxygen atoms in total. The smallest absolute Gasteiger partial charge is 0.0547 e. The Morgan fingerprint density at radius 3 is 1.48 bits per heavy atom. The molecule has 0 aliphatic rings. The van der Waals surface area contributed by atoms with Crippen LogP contribution in [0.3, 0.4) is 0 Å². The first-order valence-corrected chi connectivity index (χ1v) is 22.3. The third kappa shape index (κ3) is 6.58. The monoisotopic (exact) mass is 820 g/mol. The fourth-order valence-corrected chi connectivity index (χ4v) is 10.6. The Balaban J connectivity index is 0.979. The molecule has 0 amide bonds. The van der Waals surface area contributed by atoms with Gasteiger partial charge in [0.05, 0.1) is 11.0 Å². The van der Waals surface area contributed by atoms with Crippen LogP contribution < -0.4 is 4.90 Å². The number of thiophene rings is 1. The van der Waals surface area contributed by atoms with Crippen molar-refractivity contribution in [1.82, 2.24) is 4.57 Å². The quantitative estimate of drug-likeness (QED) is 0.148. The van der Waals surface area contributed by atoms with Gasteiger partial charge in [-0.05, 0) is 111 Å². The molecule has 0 aliphatic carbocycles. The van der Waals surface area contributed by atoms with Crippen molar-refractivity contribution in [3.05, 3.63) is 243 Å². The number of benzene rings is 10. The molecule has 3 heteroatoms. The summed E-state index contributed by atoms with van der Waals surface area (Å²) in [5.41, 5.74) is 16.6. The van der Waals surface area contributed by atoms with Crippen molar-refractivity contribution in [2.75, 3.05) is 4.90 Å². The van der Waals surface area contributed by atoms with Crippen LogP contribution >= 0.6 is 11.3 Å². The topological polar surface area (TPSA) is 8.17 Å². The van der Waals surface area contributed by atoms with Crippen LogP contribution in [0.5, 0.6) is 0 Å². The Labute approximate surface area is 370 Å². The molecule has 0 bridgehead atoms. The van der Waals surface area contributed by atoms with Gasteiger partial charge in [0.15, 0.2) is 0 Å². The minimum absolute atomic E-state index is 1.11. The van der Waals surface area contributed by atoms with Gasteiger partial charge < -0.3 is 9.47 Å². The van der Waals surface area contributed by atoms with Crippen molar-refractivity contribution in [2.24, 2.45) is 0 Å². The summed E-state index contributed by atoms with van der Waals surface area (Å²) in [4.78, 5) is 2.38. The number of hydrogen-bond donors (Lipinski definition) is 0. The molecule has 0 saturated carbocycles. The van der Waals surface area contributed by atoms with E-state index in [2.05, 4.69) is 252 Å². The van der Waals surface area contributed by atoms with Crippen molar-refractivity contribution in [2.45, 2.75) is 0 Å². The summed E-state index contributed by atoms with van der Waals surface area (Å²) < 4.78 is 5.00. The zero-order valence-corrected chi connectivity index (χ0v) is 35.2. The van der Waals surface area contributed by atoms with Crippen LogP contribution in [0.4, 0.5) is 17.1 Å². The highest BCUT2D eigenvalue weighted by Crippen LogP contribution is 2.45. The van der Waals surface area contributed by atoms with Gasteiger partial charge in [0.1, 0.15) is 0 Å². The minimum atomic E-state index is 1.11. The highest BCUT2D eigenvalue weighted by Gasteiger charge is 2.19. The lowest BCUT2D eigenvalue weighted by atomic mass is 10.0. The first-order valence-electron chi connectivity index (χ1n) is 21.5. The van der Waals surface area contributed by atoms with E-state index in [9.17, 15) is 0 Å². The molecule has 63 heavy (non-hydrogen) atoms. The van der Waals surface area contributed by atoms with Gasteiger partial charge in [0, 0.05) is 53.7 Å². The van der Waals surface area contributed by atoms with E-state index in [0.29, 0.717) is 0 Å². The lowest BCUT2D eigenvalue weighted by Gasteiger charge is -2.26. The van der Waals surface area contributed by atoms with Gasteiger partial charge in [-0.25, -0.2) is 0 Å². The Kier molecular flexibility index (Phi) is 9.06. The van der Waals surface area contributed by atoms with Crippen molar-refractivity contribution in [3.63, 3.8) is 0 Å². The van der Waals surface area contributed by atoms with Crippen molar-refractivity contribution in [1.29, 1.82) is 0 Å². The molecule has 0 aliphatic heterocycles. The molecule has 0 radical (unpaired) electrons. The molecule has 0 saturated heterocycles. The fourth-order valence-electron chi connectivity index (χ4n) is 9.34. The second-order valence-corrected chi connectivity index (χ2v) is 17.2. The lowest BCUT2D eigenvalue weighted by Crippen LogP contribution is -2.09. The van der Waals surface area contributed by atoms with Gasteiger partial charge in [-0.15, -0.1) is 11.3 Å². The van der Waals surface area contributed by atoms with E-state index in [0.717, 1.165) is 22.7 Å². The highest BCUT2D eigenvalue weighted by atomic mass is 32.1. The number of nitrogens with zero attached hydrogens (tertiary/aromatic N) is 2. The van der Waals surface area contributed by atoms with Crippen molar-refractivity contribution in [3.8, 4) is 50.2 Å². The Hall–Kier alpha value is -7.98. The predicted molar refractivity (Wildman–Crippen MR) is 270 cm³/mol. The maximum absolute atomic E-state index is 2.44.